The highest BCUT2D eigenvalue weighted by Crippen LogP contribution is 2.49. The van der Waals surface area contributed by atoms with Gasteiger partial charge >= 0.3 is 5.97 Å². The third-order valence-electron chi connectivity index (χ3n) is 3.68. The Kier molecular flexibility index (Phi) is 2.20. The van der Waals surface area contributed by atoms with Crippen LogP contribution in [0.25, 0.3) is 11.0 Å². The van der Waals surface area contributed by atoms with Gasteiger partial charge in [0.1, 0.15) is 5.58 Å². The molecule has 0 spiro atoms. The average molecular weight is 251 g/mol. The molecule has 0 saturated heterocycles. The molecule has 4 heteroatoms. The Morgan fingerprint density at radius 2 is 2.12 bits per heavy atom. The summed E-state index contributed by atoms with van der Waals surface area (Å²) in [6.07, 6.45) is 3.79. The summed E-state index contributed by atoms with van der Waals surface area (Å²) in [5.74, 6) is -0.792. The number of carbonyl (C=O) groups is 1. The third kappa shape index (κ3) is 1.32. The Labute approximate surface area is 103 Å². The molecule has 1 aromatic heterocycles. The number of furan rings is 1. The number of aliphatic carboxylic acids is 1. The minimum Gasteiger partial charge on any atom is -0.481 e. The van der Waals surface area contributed by atoms with Gasteiger partial charge in [-0.15, -0.1) is 0 Å². The zero-order valence-electron chi connectivity index (χ0n) is 9.07. The molecular formula is C13H11ClO3. The minimum absolute atomic E-state index is 0.515. The number of fused-ring (bicyclic) bond motifs is 1. The summed E-state index contributed by atoms with van der Waals surface area (Å²) in [5, 5.41) is 10.8. The molecule has 0 amide bonds. The molecule has 1 aliphatic rings. The third-order valence-corrected chi connectivity index (χ3v) is 3.99. The lowest BCUT2D eigenvalue weighted by Crippen LogP contribution is -2.42. The number of carboxylic acid groups (broad SMARTS) is 1. The normalized spacial score (nSPS) is 17.9. The van der Waals surface area contributed by atoms with E-state index in [-0.39, 0.29) is 0 Å². The maximum atomic E-state index is 11.5. The number of hydrogen-bond donors (Lipinski definition) is 1. The molecule has 0 unspecified atom stereocenters. The molecule has 17 heavy (non-hydrogen) atoms. The second-order valence-electron chi connectivity index (χ2n) is 4.50. The number of rotatable bonds is 2. The summed E-state index contributed by atoms with van der Waals surface area (Å²) in [7, 11) is 0. The summed E-state index contributed by atoms with van der Waals surface area (Å²) < 4.78 is 5.31. The molecular weight excluding hydrogens is 240 g/mol. The van der Waals surface area contributed by atoms with E-state index in [9.17, 15) is 9.90 Å². The maximum absolute atomic E-state index is 11.5. The van der Waals surface area contributed by atoms with Gasteiger partial charge < -0.3 is 9.52 Å². The van der Waals surface area contributed by atoms with E-state index < -0.39 is 11.4 Å². The predicted molar refractivity (Wildman–Crippen MR) is 64.4 cm³/mol. The van der Waals surface area contributed by atoms with Crippen molar-refractivity contribution in [3.05, 3.63) is 35.0 Å². The molecule has 0 radical (unpaired) electrons. The first-order chi connectivity index (χ1) is 8.15. The topological polar surface area (TPSA) is 50.4 Å². The lowest BCUT2D eigenvalue weighted by molar-refractivity contribution is -0.147. The van der Waals surface area contributed by atoms with Crippen LogP contribution in [-0.4, -0.2) is 11.1 Å². The molecule has 1 aliphatic carbocycles. The van der Waals surface area contributed by atoms with Crippen molar-refractivity contribution in [2.24, 2.45) is 0 Å². The largest absolute Gasteiger partial charge is 0.481 e. The van der Waals surface area contributed by atoms with Gasteiger partial charge in [0.2, 0.25) is 0 Å². The molecule has 0 bridgehead atoms. The zero-order chi connectivity index (χ0) is 12.0. The minimum atomic E-state index is -0.819. The summed E-state index contributed by atoms with van der Waals surface area (Å²) in [4.78, 5) is 11.5. The van der Waals surface area contributed by atoms with Crippen molar-refractivity contribution in [3.63, 3.8) is 0 Å². The lowest BCUT2D eigenvalue weighted by atomic mass is 9.64. The van der Waals surface area contributed by atoms with E-state index in [4.69, 9.17) is 16.0 Å². The molecule has 3 rings (SSSR count). The van der Waals surface area contributed by atoms with Crippen LogP contribution < -0.4 is 0 Å². The highest BCUT2D eigenvalue weighted by atomic mass is 35.5. The standard InChI is InChI=1S/C13H11ClO3/c14-9-2-3-10-8(4-7-17-10)11(9)13(12(15)16)5-1-6-13/h2-4,7H,1,5-6H2,(H,15,16). The van der Waals surface area contributed by atoms with Gasteiger partial charge in [-0.25, -0.2) is 0 Å². The first-order valence-electron chi connectivity index (χ1n) is 5.55. The molecule has 0 atom stereocenters. The van der Waals surface area contributed by atoms with Gasteiger partial charge in [-0.3, -0.25) is 4.79 Å². The van der Waals surface area contributed by atoms with Crippen LogP contribution in [0.3, 0.4) is 0 Å². The van der Waals surface area contributed by atoms with Crippen LogP contribution in [0.1, 0.15) is 24.8 Å². The van der Waals surface area contributed by atoms with Gasteiger partial charge in [0.05, 0.1) is 11.7 Å². The Hall–Kier alpha value is -1.48. The van der Waals surface area contributed by atoms with Crippen molar-refractivity contribution < 1.29 is 14.3 Å². The number of carboxylic acids is 1. The summed E-state index contributed by atoms with van der Waals surface area (Å²) in [5.41, 5.74) is 0.585. The summed E-state index contributed by atoms with van der Waals surface area (Å²) in [6.45, 7) is 0. The van der Waals surface area contributed by atoms with Crippen LogP contribution in [0, 0.1) is 0 Å². The molecule has 1 N–H and O–H groups in total. The highest BCUT2D eigenvalue weighted by Gasteiger charge is 2.48. The van der Waals surface area contributed by atoms with Crippen molar-refractivity contribution in [3.8, 4) is 0 Å². The van der Waals surface area contributed by atoms with Crippen molar-refractivity contribution in [2.45, 2.75) is 24.7 Å². The Balaban J connectivity index is 2.32. The van der Waals surface area contributed by atoms with E-state index >= 15 is 0 Å². The van der Waals surface area contributed by atoms with Gasteiger partial charge in [0, 0.05) is 10.4 Å². The average Bonchev–Trinajstić information content (AvgIpc) is 2.67. The first kappa shape index (κ1) is 10.7. The fraction of sp³-hybridized carbons (Fsp3) is 0.308. The summed E-state index contributed by atoms with van der Waals surface area (Å²) in [6, 6.07) is 5.28. The molecule has 3 nitrogen and oxygen atoms in total. The van der Waals surface area contributed by atoms with Crippen LogP contribution in [-0.2, 0) is 10.2 Å². The Bertz CT molecular complexity index is 596. The quantitative estimate of drug-likeness (QED) is 0.886. The van der Waals surface area contributed by atoms with Crippen LogP contribution in [0.4, 0.5) is 0 Å². The predicted octanol–water partition coefficient (Wildman–Crippen LogP) is 3.59. The molecule has 0 aliphatic heterocycles. The van der Waals surface area contributed by atoms with Crippen LogP contribution in [0.15, 0.2) is 28.9 Å². The van der Waals surface area contributed by atoms with E-state index in [2.05, 4.69) is 0 Å². The lowest BCUT2D eigenvalue weighted by Gasteiger charge is -2.38. The number of halogens is 1. The molecule has 1 heterocycles. The van der Waals surface area contributed by atoms with E-state index in [1.54, 1.807) is 24.5 Å². The first-order valence-corrected chi connectivity index (χ1v) is 5.92. The van der Waals surface area contributed by atoms with E-state index in [0.29, 0.717) is 29.0 Å². The molecule has 1 saturated carbocycles. The smallest absolute Gasteiger partial charge is 0.314 e. The van der Waals surface area contributed by atoms with E-state index in [1.165, 1.54) is 0 Å². The molecule has 88 valence electrons. The second kappa shape index (κ2) is 3.50. The second-order valence-corrected chi connectivity index (χ2v) is 4.90. The number of benzene rings is 1. The summed E-state index contributed by atoms with van der Waals surface area (Å²) >= 11 is 6.20. The van der Waals surface area contributed by atoms with Crippen LogP contribution in [0.5, 0.6) is 0 Å². The van der Waals surface area contributed by atoms with Gasteiger partial charge in [0.25, 0.3) is 0 Å². The van der Waals surface area contributed by atoms with Gasteiger partial charge in [-0.1, -0.05) is 18.0 Å². The van der Waals surface area contributed by atoms with E-state index in [1.807, 2.05) is 0 Å². The van der Waals surface area contributed by atoms with Crippen molar-refractivity contribution in [2.75, 3.05) is 0 Å². The molecule has 1 aromatic carbocycles. The van der Waals surface area contributed by atoms with Gasteiger partial charge in [-0.2, -0.15) is 0 Å². The van der Waals surface area contributed by atoms with Gasteiger partial charge in [0.15, 0.2) is 0 Å². The SMILES string of the molecule is O=C(O)C1(c2c(Cl)ccc3occc23)CCC1. The maximum Gasteiger partial charge on any atom is 0.314 e. The van der Waals surface area contributed by atoms with Crippen molar-refractivity contribution in [1.82, 2.24) is 0 Å². The van der Waals surface area contributed by atoms with E-state index in [0.717, 1.165) is 11.8 Å². The van der Waals surface area contributed by atoms with Gasteiger partial charge in [-0.05, 0) is 36.6 Å². The fourth-order valence-electron chi connectivity index (χ4n) is 2.60. The zero-order valence-corrected chi connectivity index (χ0v) is 9.83. The monoisotopic (exact) mass is 250 g/mol. The van der Waals surface area contributed by atoms with Crippen LogP contribution >= 0.6 is 11.6 Å². The fourth-order valence-corrected chi connectivity index (χ4v) is 2.95. The Morgan fingerprint density at radius 1 is 1.35 bits per heavy atom. The molecule has 2 aromatic rings. The van der Waals surface area contributed by atoms with Crippen molar-refractivity contribution in [1.29, 1.82) is 0 Å². The Morgan fingerprint density at radius 3 is 2.71 bits per heavy atom. The molecule has 1 fully saturated rings. The van der Waals surface area contributed by atoms with Crippen molar-refractivity contribution >= 4 is 28.5 Å². The van der Waals surface area contributed by atoms with Crippen LogP contribution in [0.2, 0.25) is 5.02 Å². The highest BCUT2D eigenvalue weighted by molar-refractivity contribution is 6.32. The number of hydrogen-bond acceptors (Lipinski definition) is 2.